The van der Waals surface area contributed by atoms with Crippen LogP contribution in [0.5, 0.6) is 0 Å². The molecular weight excluding hydrogens is 236 g/mol. The molecule has 1 aromatic rings. The van der Waals surface area contributed by atoms with E-state index in [4.69, 9.17) is 0 Å². The quantitative estimate of drug-likeness (QED) is 0.613. The second kappa shape index (κ2) is 5.28. The number of rotatable bonds is 4. The van der Waals surface area contributed by atoms with Gasteiger partial charge in [-0.1, -0.05) is 36.8 Å². The minimum atomic E-state index is -0.100. The molecule has 0 N–H and O–H groups in total. The summed E-state index contributed by atoms with van der Waals surface area (Å²) in [6.45, 7) is 2.09. The lowest BCUT2D eigenvalue weighted by Gasteiger charge is -2.39. The molecule has 3 heteroatoms. The highest BCUT2D eigenvalue weighted by Crippen LogP contribution is 2.47. The Morgan fingerprint density at radius 3 is 2.74 bits per heavy atom. The van der Waals surface area contributed by atoms with E-state index < -0.39 is 0 Å². The third kappa shape index (κ3) is 2.63. The zero-order chi connectivity index (χ0) is 13.1. The Kier molecular flexibility index (Phi) is 3.50. The fraction of sp³-hybridized carbons (Fsp3) is 0.562. The predicted octanol–water partition coefficient (Wildman–Crippen LogP) is 2.91. The number of nitrogens with zero attached hydrogens (tertiary/aromatic N) is 2. The highest BCUT2D eigenvalue weighted by molar-refractivity contribution is 5.37. The Morgan fingerprint density at radius 1 is 1.26 bits per heavy atom. The molecule has 0 aromatic heterocycles. The summed E-state index contributed by atoms with van der Waals surface area (Å²) in [4.78, 5) is 17.3. The molecule has 0 spiro atoms. The lowest BCUT2D eigenvalue weighted by Crippen LogP contribution is -2.46. The Morgan fingerprint density at radius 2 is 2.05 bits per heavy atom. The summed E-state index contributed by atoms with van der Waals surface area (Å²) >= 11 is 0. The van der Waals surface area contributed by atoms with Gasteiger partial charge in [0.15, 0.2) is 0 Å². The molecule has 0 radical (unpaired) electrons. The van der Waals surface area contributed by atoms with Gasteiger partial charge in [-0.2, -0.15) is 4.99 Å². The van der Waals surface area contributed by atoms with E-state index in [1.165, 1.54) is 18.4 Å². The molecule has 1 aliphatic heterocycles. The Hall–Kier alpha value is -1.44. The van der Waals surface area contributed by atoms with Gasteiger partial charge in [0.05, 0.1) is 5.54 Å². The smallest absolute Gasteiger partial charge is 0.235 e. The predicted molar refractivity (Wildman–Crippen MR) is 74.6 cm³/mol. The van der Waals surface area contributed by atoms with Crippen LogP contribution in [0.1, 0.15) is 37.7 Å². The van der Waals surface area contributed by atoms with Gasteiger partial charge in [0.2, 0.25) is 6.08 Å². The standard InChI is InChI=1S/C16H20N2O/c19-13-17-16(9-10-16)15-8-4-5-11-18(15)12-14-6-2-1-3-7-14/h1-3,6-7,15H,4-5,8-12H2. The number of isocyanates is 1. The molecule has 1 atom stereocenters. The summed E-state index contributed by atoms with van der Waals surface area (Å²) < 4.78 is 0. The van der Waals surface area contributed by atoms with Crippen LogP contribution in [0.2, 0.25) is 0 Å². The van der Waals surface area contributed by atoms with Crippen molar-refractivity contribution < 1.29 is 4.79 Å². The SMILES string of the molecule is O=C=NC1(C2CCCCN2Cc2ccccc2)CC1. The molecule has 3 nitrogen and oxygen atoms in total. The molecule has 1 saturated carbocycles. The molecule has 1 aliphatic carbocycles. The first-order chi connectivity index (χ1) is 9.34. The molecule has 100 valence electrons. The largest absolute Gasteiger partial charge is 0.294 e. The maximum absolute atomic E-state index is 10.7. The van der Waals surface area contributed by atoms with E-state index in [0.717, 1.165) is 32.4 Å². The topological polar surface area (TPSA) is 32.7 Å². The average Bonchev–Trinajstić information content (AvgIpc) is 3.22. The number of aliphatic imine (C=N–C) groups is 1. The summed E-state index contributed by atoms with van der Waals surface area (Å²) in [5.41, 5.74) is 1.25. The zero-order valence-electron chi connectivity index (χ0n) is 11.2. The molecule has 0 bridgehead atoms. The van der Waals surface area contributed by atoms with Gasteiger partial charge in [0.1, 0.15) is 0 Å². The van der Waals surface area contributed by atoms with Crippen LogP contribution in [-0.2, 0) is 11.3 Å². The van der Waals surface area contributed by atoms with Gasteiger partial charge < -0.3 is 0 Å². The second-order valence-corrected chi connectivity index (χ2v) is 5.77. The summed E-state index contributed by atoms with van der Waals surface area (Å²) in [7, 11) is 0. The number of hydrogen-bond donors (Lipinski definition) is 0. The number of carbonyl (C=O) groups excluding carboxylic acids is 1. The third-order valence-electron chi connectivity index (χ3n) is 4.49. The van der Waals surface area contributed by atoms with Crippen molar-refractivity contribution >= 4 is 6.08 Å². The number of benzene rings is 1. The van der Waals surface area contributed by atoms with Gasteiger partial charge in [0.25, 0.3) is 0 Å². The highest BCUT2D eigenvalue weighted by Gasteiger charge is 2.52. The second-order valence-electron chi connectivity index (χ2n) is 5.77. The van der Waals surface area contributed by atoms with Crippen LogP contribution in [0.25, 0.3) is 0 Å². The van der Waals surface area contributed by atoms with E-state index in [0.29, 0.717) is 6.04 Å². The van der Waals surface area contributed by atoms with Crippen LogP contribution in [0.3, 0.4) is 0 Å². The van der Waals surface area contributed by atoms with Gasteiger partial charge >= 0.3 is 0 Å². The van der Waals surface area contributed by atoms with Crippen LogP contribution in [0, 0.1) is 0 Å². The maximum atomic E-state index is 10.7. The van der Waals surface area contributed by atoms with Crippen LogP contribution < -0.4 is 0 Å². The molecule has 1 aromatic carbocycles. The Balaban J connectivity index is 1.76. The maximum Gasteiger partial charge on any atom is 0.235 e. The molecule has 2 fully saturated rings. The molecule has 19 heavy (non-hydrogen) atoms. The summed E-state index contributed by atoms with van der Waals surface area (Å²) in [6, 6.07) is 11.0. The van der Waals surface area contributed by atoms with Gasteiger partial charge in [-0.25, -0.2) is 4.79 Å². The molecule has 2 aliphatic rings. The summed E-state index contributed by atoms with van der Waals surface area (Å²) in [5.74, 6) is 0. The number of hydrogen-bond acceptors (Lipinski definition) is 3. The van der Waals surface area contributed by atoms with Gasteiger partial charge in [-0.05, 0) is 37.8 Å². The monoisotopic (exact) mass is 256 g/mol. The first kappa shape index (κ1) is 12.6. The summed E-state index contributed by atoms with van der Waals surface area (Å²) in [5, 5.41) is 0. The van der Waals surface area contributed by atoms with Crippen molar-refractivity contribution in [1.82, 2.24) is 4.90 Å². The van der Waals surface area contributed by atoms with Crippen LogP contribution in [0.4, 0.5) is 0 Å². The Labute approximate surface area is 114 Å². The molecule has 1 heterocycles. The van der Waals surface area contributed by atoms with Crippen molar-refractivity contribution in [1.29, 1.82) is 0 Å². The third-order valence-corrected chi connectivity index (χ3v) is 4.49. The van der Waals surface area contributed by atoms with Crippen molar-refractivity contribution in [3.63, 3.8) is 0 Å². The molecule has 1 unspecified atom stereocenters. The molecular formula is C16H20N2O. The van der Waals surface area contributed by atoms with Crippen molar-refractivity contribution in [2.75, 3.05) is 6.54 Å². The number of piperidine rings is 1. The fourth-order valence-electron chi connectivity index (χ4n) is 3.35. The molecule has 1 saturated heterocycles. The first-order valence-corrected chi connectivity index (χ1v) is 7.21. The Bertz CT molecular complexity index is 475. The van der Waals surface area contributed by atoms with Crippen molar-refractivity contribution in [2.45, 2.75) is 50.2 Å². The minimum Gasteiger partial charge on any atom is -0.294 e. The zero-order valence-corrected chi connectivity index (χ0v) is 11.2. The average molecular weight is 256 g/mol. The van der Waals surface area contributed by atoms with Crippen LogP contribution in [0.15, 0.2) is 35.3 Å². The van der Waals surface area contributed by atoms with Crippen molar-refractivity contribution in [3.8, 4) is 0 Å². The van der Waals surface area contributed by atoms with E-state index in [2.05, 4.69) is 40.2 Å². The van der Waals surface area contributed by atoms with Crippen LogP contribution >= 0.6 is 0 Å². The minimum absolute atomic E-state index is 0.100. The van der Waals surface area contributed by atoms with E-state index in [1.54, 1.807) is 6.08 Å². The first-order valence-electron chi connectivity index (χ1n) is 7.21. The van der Waals surface area contributed by atoms with Gasteiger partial charge in [0, 0.05) is 12.6 Å². The van der Waals surface area contributed by atoms with E-state index >= 15 is 0 Å². The van der Waals surface area contributed by atoms with E-state index in [9.17, 15) is 4.79 Å². The van der Waals surface area contributed by atoms with Crippen molar-refractivity contribution in [2.24, 2.45) is 4.99 Å². The normalized spacial score (nSPS) is 25.6. The van der Waals surface area contributed by atoms with Crippen LogP contribution in [-0.4, -0.2) is 29.1 Å². The molecule has 0 amide bonds. The lowest BCUT2D eigenvalue weighted by molar-refractivity contribution is 0.112. The fourth-order valence-corrected chi connectivity index (χ4v) is 3.35. The highest BCUT2D eigenvalue weighted by atomic mass is 16.1. The van der Waals surface area contributed by atoms with Crippen molar-refractivity contribution in [3.05, 3.63) is 35.9 Å². The van der Waals surface area contributed by atoms with E-state index in [1.807, 2.05) is 0 Å². The number of likely N-dealkylation sites (tertiary alicyclic amines) is 1. The van der Waals surface area contributed by atoms with Gasteiger partial charge in [-0.15, -0.1) is 0 Å². The summed E-state index contributed by atoms with van der Waals surface area (Å²) in [6.07, 6.45) is 7.58. The van der Waals surface area contributed by atoms with Gasteiger partial charge in [-0.3, -0.25) is 4.90 Å². The van der Waals surface area contributed by atoms with E-state index in [-0.39, 0.29) is 5.54 Å². The molecule has 3 rings (SSSR count). The lowest BCUT2D eigenvalue weighted by atomic mass is 9.93.